The van der Waals surface area contributed by atoms with Gasteiger partial charge in [-0.15, -0.1) is 0 Å². The van der Waals surface area contributed by atoms with Crippen LogP contribution in [0.25, 0.3) is 0 Å². The van der Waals surface area contributed by atoms with Gasteiger partial charge in [-0.3, -0.25) is 9.69 Å². The number of hydrogen-bond acceptors (Lipinski definition) is 7. The quantitative estimate of drug-likeness (QED) is 0.431. The van der Waals surface area contributed by atoms with Gasteiger partial charge in [-0.25, -0.2) is 14.6 Å². The molecule has 0 aliphatic carbocycles. The number of carbonyl (C=O) groups excluding carboxylic acids is 2. The molecule has 1 amide bonds. The lowest BCUT2D eigenvalue weighted by atomic mass is 9.97. The van der Waals surface area contributed by atoms with E-state index in [0.717, 1.165) is 5.56 Å². The summed E-state index contributed by atoms with van der Waals surface area (Å²) >= 11 is 0. The van der Waals surface area contributed by atoms with E-state index in [9.17, 15) is 9.59 Å². The van der Waals surface area contributed by atoms with Crippen LogP contribution in [0.15, 0.2) is 30.3 Å². The van der Waals surface area contributed by atoms with Crippen molar-refractivity contribution >= 4 is 12.1 Å². The molecule has 156 valence electrons. The maximum absolute atomic E-state index is 12.4. The zero-order valence-electron chi connectivity index (χ0n) is 17.2. The van der Waals surface area contributed by atoms with Crippen molar-refractivity contribution in [3.05, 3.63) is 35.9 Å². The van der Waals surface area contributed by atoms with E-state index in [4.69, 9.17) is 19.2 Å². The number of carbonyl (C=O) groups is 2. The van der Waals surface area contributed by atoms with Gasteiger partial charge in [-0.2, -0.15) is 0 Å². The lowest BCUT2D eigenvalue weighted by molar-refractivity contribution is -0.282. The lowest BCUT2D eigenvalue weighted by Crippen LogP contribution is -2.54. The SMILES string of the molecule is COOC[C@@]1(NC(=O)OC(C)(C)C)C[C@H](C(=O)OC)N(Cc2ccccc2)C1. The van der Waals surface area contributed by atoms with E-state index in [1.54, 1.807) is 20.8 Å². The average Bonchev–Trinajstić information content (AvgIpc) is 2.96. The summed E-state index contributed by atoms with van der Waals surface area (Å²) in [7, 11) is 2.76. The van der Waals surface area contributed by atoms with Crippen LogP contribution in [0, 0.1) is 0 Å². The van der Waals surface area contributed by atoms with Gasteiger partial charge >= 0.3 is 12.1 Å². The monoisotopic (exact) mass is 394 g/mol. The summed E-state index contributed by atoms with van der Waals surface area (Å²) in [6, 6.07) is 9.27. The Labute approximate surface area is 166 Å². The highest BCUT2D eigenvalue weighted by Crippen LogP contribution is 2.30. The van der Waals surface area contributed by atoms with Gasteiger partial charge in [0.15, 0.2) is 0 Å². The summed E-state index contributed by atoms with van der Waals surface area (Å²) in [5, 5.41) is 2.89. The molecule has 1 aliphatic rings. The number of amides is 1. The van der Waals surface area contributed by atoms with E-state index in [2.05, 4.69) is 5.32 Å². The van der Waals surface area contributed by atoms with Crippen molar-refractivity contribution < 1.29 is 28.8 Å². The van der Waals surface area contributed by atoms with Crippen LogP contribution >= 0.6 is 0 Å². The predicted molar refractivity (Wildman–Crippen MR) is 102 cm³/mol. The Morgan fingerprint density at radius 1 is 1.21 bits per heavy atom. The van der Waals surface area contributed by atoms with Crippen LogP contribution < -0.4 is 5.32 Å². The molecule has 2 atom stereocenters. The summed E-state index contributed by atoms with van der Waals surface area (Å²) in [6.45, 7) is 6.35. The van der Waals surface area contributed by atoms with Crippen LogP contribution in [0.5, 0.6) is 0 Å². The fourth-order valence-corrected chi connectivity index (χ4v) is 3.34. The van der Waals surface area contributed by atoms with Crippen molar-refractivity contribution in [2.45, 2.75) is 50.9 Å². The molecule has 28 heavy (non-hydrogen) atoms. The molecular weight excluding hydrogens is 364 g/mol. The molecule has 0 aromatic heterocycles. The van der Waals surface area contributed by atoms with Crippen LogP contribution in [-0.2, 0) is 30.6 Å². The first-order chi connectivity index (χ1) is 13.2. The highest BCUT2D eigenvalue weighted by atomic mass is 17.2. The number of hydrogen-bond donors (Lipinski definition) is 1. The minimum absolute atomic E-state index is 0.0710. The summed E-state index contributed by atoms with van der Waals surface area (Å²) in [4.78, 5) is 36.7. The summed E-state index contributed by atoms with van der Waals surface area (Å²) in [6.07, 6.45) is -0.257. The summed E-state index contributed by atoms with van der Waals surface area (Å²) in [5.74, 6) is -0.360. The number of likely N-dealkylation sites (tertiary alicyclic amines) is 1. The van der Waals surface area contributed by atoms with E-state index < -0.39 is 23.3 Å². The maximum Gasteiger partial charge on any atom is 0.408 e. The molecule has 0 unspecified atom stereocenters. The summed E-state index contributed by atoms with van der Waals surface area (Å²) in [5.41, 5.74) is -0.444. The molecule has 1 saturated heterocycles. The molecule has 2 rings (SSSR count). The van der Waals surface area contributed by atoms with Gasteiger partial charge in [0.1, 0.15) is 18.2 Å². The largest absolute Gasteiger partial charge is 0.468 e. The Bertz CT molecular complexity index is 660. The third-order valence-electron chi connectivity index (χ3n) is 4.45. The first-order valence-corrected chi connectivity index (χ1v) is 9.20. The normalized spacial score (nSPS) is 22.7. The van der Waals surface area contributed by atoms with Gasteiger partial charge < -0.3 is 14.8 Å². The zero-order valence-corrected chi connectivity index (χ0v) is 17.2. The first-order valence-electron chi connectivity index (χ1n) is 9.20. The van der Waals surface area contributed by atoms with Gasteiger partial charge in [-0.05, 0) is 26.3 Å². The Morgan fingerprint density at radius 3 is 2.46 bits per heavy atom. The molecule has 1 aromatic rings. The third-order valence-corrected chi connectivity index (χ3v) is 4.45. The molecule has 1 aromatic carbocycles. The van der Waals surface area contributed by atoms with E-state index in [1.807, 2.05) is 35.2 Å². The Balaban J connectivity index is 2.23. The number of nitrogens with zero attached hydrogens (tertiary/aromatic N) is 1. The highest BCUT2D eigenvalue weighted by Gasteiger charge is 2.49. The highest BCUT2D eigenvalue weighted by molar-refractivity contribution is 5.77. The second-order valence-electron chi connectivity index (χ2n) is 7.97. The first kappa shape index (κ1) is 22.1. The van der Waals surface area contributed by atoms with Crippen LogP contribution in [0.3, 0.4) is 0 Å². The second-order valence-corrected chi connectivity index (χ2v) is 7.97. The van der Waals surface area contributed by atoms with Crippen molar-refractivity contribution in [3.8, 4) is 0 Å². The van der Waals surface area contributed by atoms with E-state index in [1.165, 1.54) is 14.2 Å². The number of nitrogens with one attached hydrogen (secondary N) is 1. The van der Waals surface area contributed by atoms with Gasteiger partial charge in [0.25, 0.3) is 0 Å². The Kier molecular flexibility index (Phi) is 7.40. The lowest BCUT2D eigenvalue weighted by Gasteiger charge is -2.31. The smallest absolute Gasteiger partial charge is 0.408 e. The molecule has 0 spiro atoms. The van der Waals surface area contributed by atoms with Crippen molar-refractivity contribution in [2.24, 2.45) is 0 Å². The van der Waals surface area contributed by atoms with Crippen molar-refractivity contribution in [2.75, 3.05) is 27.4 Å². The van der Waals surface area contributed by atoms with Crippen molar-refractivity contribution in [3.63, 3.8) is 0 Å². The second kappa shape index (κ2) is 9.36. The van der Waals surface area contributed by atoms with Gasteiger partial charge in [-0.1, -0.05) is 30.3 Å². The fourth-order valence-electron chi connectivity index (χ4n) is 3.34. The minimum atomic E-state index is -0.855. The Morgan fingerprint density at radius 2 is 1.89 bits per heavy atom. The minimum Gasteiger partial charge on any atom is -0.468 e. The van der Waals surface area contributed by atoms with Crippen LogP contribution in [-0.4, -0.2) is 61.5 Å². The molecule has 1 heterocycles. The van der Waals surface area contributed by atoms with Crippen molar-refractivity contribution in [1.29, 1.82) is 0 Å². The molecule has 0 radical (unpaired) electrons. The third kappa shape index (κ3) is 6.19. The van der Waals surface area contributed by atoms with E-state index in [0.29, 0.717) is 19.5 Å². The number of alkyl carbamates (subject to hydrolysis) is 1. The van der Waals surface area contributed by atoms with Crippen molar-refractivity contribution in [1.82, 2.24) is 10.2 Å². The topological polar surface area (TPSA) is 86.3 Å². The molecule has 8 nitrogen and oxygen atoms in total. The fraction of sp³-hybridized carbons (Fsp3) is 0.600. The molecule has 0 bridgehead atoms. The molecule has 8 heteroatoms. The zero-order chi connectivity index (χ0) is 20.8. The standard InChI is InChI=1S/C20H30N2O6/c1-19(2,3)28-18(24)21-20(14-27-26-5)11-16(17(23)25-4)22(13-20)12-15-9-7-6-8-10-15/h6-10,16H,11-14H2,1-5H3,(H,21,24)/t16-,20-/m1/s1. The number of methoxy groups -OCH3 is 1. The molecule has 0 saturated carbocycles. The van der Waals surface area contributed by atoms with Crippen LogP contribution in [0.1, 0.15) is 32.8 Å². The van der Waals surface area contributed by atoms with Crippen LogP contribution in [0.4, 0.5) is 4.79 Å². The van der Waals surface area contributed by atoms with Gasteiger partial charge in [0.05, 0.1) is 19.8 Å². The molecule has 1 aliphatic heterocycles. The predicted octanol–water partition coefficient (Wildman–Crippen LogP) is 2.28. The average molecular weight is 394 g/mol. The number of ether oxygens (including phenoxy) is 2. The number of benzene rings is 1. The molecule has 1 fully saturated rings. The number of rotatable bonds is 7. The Hall–Kier alpha value is -2.16. The van der Waals surface area contributed by atoms with Gasteiger partial charge in [0, 0.05) is 19.5 Å². The maximum atomic E-state index is 12.4. The van der Waals surface area contributed by atoms with Gasteiger partial charge in [0.2, 0.25) is 0 Å². The van der Waals surface area contributed by atoms with Crippen LogP contribution in [0.2, 0.25) is 0 Å². The molecule has 1 N–H and O–H groups in total. The van der Waals surface area contributed by atoms with E-state index in [-0.39, 0.29) is 12.6 Å². The van der Waals surface area contributed by atoms with E-state index >= 15 is 0 Å². The summed E-state index contributed by atoms with van der Waals surface area (Å²) < 4.78 is 10.4. The molecular formula is C20H30N2O6. The number of esters is 1.